The fraction of sp³-hybridized carbons (Fsp3) is 0.929. The fourth-order valence-electron chi connectivity index (χ4n) is 3.21. The van der Waals surface area contributed by atoms with Gasteiger partial charge < -0.3 is 10.8 Å². The summed E-state index contributed by atoms with van der Waals surface area (Å²) < 4.78 is 0. The zero-order valence-corrected chi connectivity index (χ0v) is 11.2. The first kappa shape index (κ1) is 14.5. The van der Waals surface area contributed by atoms with Gasteiger partial charge in [-0.25, -0.2) is 0 Å². The summed E-state index contributed by atoms with van der Waals surface area (Å²) in [7, 11) is 0. The van der Waals surface area contributed by atoms with E-state index in [-0.39, 0.29) is 12.5 Å². The molecule has 1 rings (SSSR count). The van der Waals surface area contributed by atoms with Crippen molar-refractivity contribution in [2.45, 2.75) is 64.8 Å². The van der Waals surface area contributed by atoms with Gasteiger partial charge >= 0.3 is 5.97 Å². The maximum atomic E-state index is 10.7. The van der Waals surface area contributed by atoms with E-state index in [1.54, 1.807) is 0 Å². The van der Waals surface area contributed by atoms with Crippen LogP contribution in [0.5, 0.6) is 0 Å². The van der Waals surface area contributed by atoms with E-state index in [2.05, 4.69) is 13.8 Å². The maximum Gasteiger partial charge on any atom is 0.304 e. The topological polar surface area (TPSA) is 63.3 Å². The Labute approximate surface area is 105 Å². The average molecular weight is 241 g/mol. The number of nitrogens with two attached hydrogens (primary N) is 1. The summed E-state index contributed by atoms with van der Waals surface area (Å²) >= 11 is 0. The Hall–Kier alpha value is -0.570. The van der Waals surface area contributed by atoms with Gasteiger partial charge in [-0.15, -0.1) is 0 Å². The van der Waals surface area contributed by atoms with E-state index >= 15 is 0 Å². The number of hydrogen-bond donors (Lipinski definition) is 2. The quantitative estimate of drug-likeness (QED) is 0.720. The Kier molecular flexibility index (Phi) is 5.96. The molecule has 0 saturated heterocycles. The van der Waals surface area contributed by atoms with E-state index in [1.165, 1.54) is 25.7 Å². The van der Waals surface area contributed by atoms with Gasteiger partial charge in [0, 0.05) is 6.04 Å². The molecule has 0 heterocycles. The molecule has 0 radical (unpaired) electrons. The second kappa shape index (κ2) is 7.00. The van der Waals surface area contributed by atoms with Crippen LogP contribution in [-0.4, -0.2) is 17.1 Å². The summed E-state index contributed by atoms with van der Waals surface area (Å²) in [5, 5.41) is 8.79. The highest BCUT2D eigenvalue weighted by atomic mass is 16.4. The Balaban J connectivity index is 2.41. The highest BCUT2D eigenvalue weighted by molar-refractivity contribution is 5.67. The molecule has 0 aromatic rings. The molecule has 1 saturated carbocycles. The molecular weight excluding hydrogens is 214 g/mol. The van der Waals surface area contributed by atoms with Crippen LogP contribution in [-0.2, 0) is 4.79 Å². The minimum absolute atomic E-state index is 0.107. The highest BCUT2D eigenvalue weighted by Crippen LogP contribution is 2.35. The first-order valence-electron chi connectivity index (χ1n) is 7.02. The predicted molar refractivity (Wildman–Crippen MR) is 69.7 cm³/mol. The van der Waals surface area contributed by atoms with Gasteiger partial charge in [-0.2, -0.15) is 0 Å². The van der Waals surface area contributed by atoms with E-state index < -0.39 is 5.97 Å². The van der Waals surface area contributed by atoms with Crippen LogP contribution in [0.3, 0.4) is 0 Å². The van der Waals surface area contributed by atoms with Crippen LogP contribution >= 0.6 is 0 Å². The van der Waals surface area contributed by atoms with Crippen molar-refractivity contribution < 1.29 is 9.90 Å². The Morgan fingerprint density at radius 2 is 2.00 bits per heavy atom. The summed E-state index contributed by atoms with van der Waals surface area (Å²) in [6, 6.07) is -0.179. The molecule has 1 aliphatic rings. The van der Waals surface area contributed by atoms with Crippen molar-refractivity contribution >= 4 is 5.97 Å². The lowest BCUT2D eigenvalue weighted by atomic mass is 9.80. The molecule has 17 heavy (non-hydrogen) atoms. The van der Waals surface area contributed by atoms with Gasteiger partial charge in [-0.1, -0.05) is 46.0 Å². The van der Waals surface area contributed by atoms with Crippen molar-refractivity contribution in [1.29, 1.82) is 0 Å². The molecule has 0 aromatic heterocycles. The van der Waals surface area contributed by atoms with Crippen LogP contribution in [0, 0.1) is 17.8 Å². The standard InChI is InChI=1S/C14H27NO2/c1-3-11(13(15)9-14(16)17)8-10(2)12-6-4-5-7-12/h10-13H,3-9,15H2,1-2H3,(H,16,17). The smallest absolute Gasteiger partial charge is 0.304 e. The molecular formula is C14H27NO2. The summed E-state index contributed by atoms with van der Waals surface area (Å²) in [6.07, 6.45) is 7.63. The second-order valence-electron chi connectivity index (χ2n) is 5.69. The first-order chi connectivity index (χ1) is 8.04. The van der Waals surface area contributed by atoms with E-state index in [0.29, 0.717) is 11.8 Å². The third-order valence-corrected chi connectivity index (χ3v) is 4.42. The van der Waals surface area contributed by atoms with Crippen LogP contribution in [0.1, 0.15) is 58.8 Å². The third kappa shape index (κ3) is 4.66. The van der Waals surface area contributed by atoms with Crippen molar-refractivity contribution in [2.75, 3.05) is 0 Å². The Bertz CT molecular complexity index is 236. The molecule has 3 nitrogen and oxygen atoms in total. The molecule has 0 amide bonds. The molecule has 0 bridgehead atoms. The molecule has 1 fully saturated rings. The van der Waals surface area contributed by atoms with Crippen molar-refractivity contribution in [3.63, 3.8) is 0 Å². The van der Waals surface area contributed by atoms with Crippen molar-refractivity contribution in [3.05, 3.63) is 0 Å². The molecule has 1 aliphatic carbocycles. The molecule has 3 atom stereocenters. The fourth-order valence-corrected chi connectivity index (χ4v) is 3.21. The highest BCUT2D eigenvalue weighted by Gasteiger charge is 2.26. The minimum atomic E-state index is -0.774. The Morgan fingerprint density at radius 3 is 2.47 bits per heavy atom. The van der Waals surface area contributed by atoms with Gasteiger partial charge in [-0.3, -0.25) is 4.79 Å². The van der Waals surface area contributed by atoms with Gasteiger partial charge in [0.2, 0.25) is 0 Å². The summed E-state index contributed by atoms with van der Waals surface area (Å²) in [6.45, 7) is 4.43. The van der Waals surface area contributed by atoms with Gasteiger partial charge in [0.25, 0.3) is 0 Å². The largest absolute Gasteiger partial charge is 0.481 e. The molecule has 0 aromatic carbocycles. The predicted octanol–water partition coefficient (Wildman–Crippen LogP) is 3.03. The molecule has 100 valence electrons. The zero-order valence-electron chi connectivity index (χ0n) is 11.2. The van der Waals surface area contributed by atoms with E-state index in [4.69, 9.17) is 10.8 Å². The number of aliphatic carboxylic acids is 1. The molecule has 3 heteroatoms. The van der Waals surface area contributed by atoms with Crippen LogP contribution in [0.15, 0.2) is 0 Å². The van der Waals surface area contributed by atoms with Crippen LogP contribution in [0.2, 0.25) is 0 Å². The van der Waals surface area contributed by atoms with Crippen molar-refractivity contribution in [2.24, 2.45) is 23.5 Å². The minimum Gasteiger partial charge on any atom is -0.481 e. The lowest BCUT2D eigenvalue weighted by molar-refractivity contribution is -0.137. The molecule has 0 aliphatic heterocycles. The molecule has 3 unspecified atom stereocenters. The van der Waals surface area contributed by atoms with Gasteiger partial charge in [0.15, 0.2) is 0 Å². The summed E-state index contributed by atoms with van der Waals surface area (Å²) in [4.78, 5) is 10.7. The third-order valence-electron chi connectivity index (χ3n) is 4.42. The van der Waals surface area contributed by atoms with Crippen LogP contribution in [0.4, 0.5) is 0 Å². The monoisotopic (exact) mass is 241 g/mol. The van der Waals surface area contributed by atoms with E-state index in [9.17, 15) is 4.79 Å². The number of carboxylic acids is 1. The van der Waals surface area contributed by atoms with Crippen molar-refractivity contribution in [1.82, 2.24) is 0 Å². The van der Waals surface area contributed by atoms with Gasteiger partial charge in [-0.05, 0) is 24.2 Å². The number of rotatable bonds is 7. The molecule has 3 N–H and O–H groups in total. The van der Waals surface area contributed by atoms with Gasteiger partial charge in [0.05, 0.1) is 6.42 Å². The number of hydrogen-bond acceptors (Lipinski definition) is 2. The second-order valence-corrected chi connectivity index (χ2v) is 5.69. The summed E-state index contributed by atoms with van der Waals surface area (Å²) in [5.41, 5.74) is 6.00. The maximum absolute atomic E-state index is 10.7. The SMILES string of the molecule is CCC(CC(C)C1CCCC1)C(N)CC(=O)O. The lowest BCUT2D eigenvalue weighted by Gasteiger charge is -2.27. The average Bonchev–Trinajstić information content (AvgIpc) is 2.77. The van der Waals surface area contributed by atoms with Gasteiger partial charge in [0.1, 0.15) is 0 Å². The van der Waals surface area contributed by atoms with E-state index in [1.807, 2.05) is 0 Å². The lowest BCUT2D eigenvalue weighted by Crippen LogP contribution is -2.34. The van der Waals surface area contributed by atoms with Crippen molar-refractivity contribution in [3.8, 4) is 0 Å². The zero-order chi connectivity index (χ0) is 12.8. The first-order valence-corrected chi connectivity index (χ1v) is 7.02. The number of carbonyl (C=O) groups is 1. The van der Waals surface area contributed by atoms with Crippen LogP contribution in [0.25, 0.3) is 0 Å². The van der Waals surface area contributed by atoms with E-state index in [0.717, 1.165) is 18.8 Å². The van der Waals surface area contributed by atoms with Crippen LogP contribution < -0.4 is 5.73 Å². The molecule has 0 spiro atoms. The normalized spacial score (nSPS) is 22.3. The number of carboxylic acid groups (broad SMARTS) is 1. The summed E-state index contributed by atoms with van der Waals surface area (Å²) in [5.74, 6) is 1.13. The Morgan fingerprint density at radius 1 is 1.41 bits per heavy atom.